The fraction of sp³-hybridized carbons (Fsp3) is 0.364. The molecule has 0 N–H and O–H groups in total. The lowest BCUT2D eigenvalue weighted by Crippen LogP contribution is -2.38. The van der Waals surface area contributed by atoms with Crippen LogP contribution in [0.25, 0.3) is 42.2 Å². The van der Waals surface area contributed by atoms with Crippen LogP contribution < -0.4 is 10.4 Å². The molecule has 0 aliphatic rings. The second kappa shape index (κ2) is 8.89. The smallest absolute Gasteiger partial charge is 0.0880 e. The molecule has 192 valence electrons. The van der Waals surface area contributed by atoms with E-state index < -0.39 is 16.1 Å². The first-order valence-electron chi connectivity index (χ1n) is 13.5. The van der Waals surface area contributed by atoms with Gasteiger partial charge >= 0.3 is 0 Å². The molecule has 0 aliphatic heterocycles. The molecular formula is C33H41NSSi2. The second-order valence-electron chi connectivity index (χ2n) is 14.1. The van der Waals surface area contributed by atoms with Crippen LogP contribution in [-0.4, -0.2) is 21.1 Å². The Balaban J connectivity index is 1.84. The first kappa shape index (κ1) is 26.3. The molecule has 0 spiro atoms. The minimum atomic E-state index is -1.60. The van der Waals surface area contributed by atoms with Crippen LogP contribution in [0.4, 0.5) is 0 Å². The third-order valence-electron chi connectivity index (χ3n) is 7.29. The van der Waals surface area contributed by atoms with E-state index in [4.69, 9.17) is 4.98 Å². The quantitative estimate of drug-likeness (QED) is 0.207. The summed E-state index contributed by atoms with van der Waals surface area (Å²) in [6.45, 7) is 23.9. The molecule has 1 nitrogen and oxygen atoms in total. The molecule has 4 heteroatoms. The normalized spacial score (nSPS) is 13.2. The van der Waals surface area contributed by atoms with Gasteiger partial charge in [-0.25, -0.2) is 0 Å². The van der Waals surface area contributed by atoms with Crippen LogP contribution in [-0.2, 0) is 6.42 Å². The fourth-order valence-electron chi connectivity index (χ4n) is 5.57. The Bertz CT molecular complexity index is 1660. The molecule has 3 aromatic carbocycles. The van der Waals surface area contributed by atoms with Crippen LogP contribution in [0.5, 0.6) is 0 Å². The van der Waals surface area contributed by atoms with E-state index in [0.717, 1.165) is 12.1 Å². The van der Waals surface area contributed by atoms with E-state index in [2.05, 4.69) is 122 Å². The van der Waals surface area contributed by atoms with Crippen molar-refractivity contribution in [2.24, 2.45) is 5.41 Å². The summed E-state index contributed by atoms with van der Waals surface area (Å²) in [5.74, 6) is 0. The van der Waals surface area contributed by atoms with Crippen LogP contribution in [0.1, 0.15) is 31.9 Å². The van der Waals surface area contributed by atoms with Crippen LogP contribution in [0, 0.1) is 12.3 Å². The van der Waals surface area contributed by atoms with E-state index in [-0.39, 0.29) is 5.41 Å². The third-order valence-corrected chi connectivity index (χ3v) is 12.5. The molecule has 0 radical (unpaired) electrons. The average Bonchev–Trinajstić information content (AvgIpc) is 3.13. The number of aryl methyl sites for hydroxylation is 1. The van der Waals surface area contributed by atoms with Gasteiger partial charge in [-0.1, -0.05) is 107 Å². The van der Waals surface area contributed by atoms with Crippen LogP contribution >= 0.6 is 11.3 Å². The van der Waals surface area contributed by atoms with Crippen molar-refractivity contribution < 1.29 is 0 Å². The number of pyridine rings is 1. The van der Waals surface area contributed by atoms with Crippen molar-refractivity contribution in [2.45, 2.75) is 73.4 Å². The largest absolute Gasteiger partial charge is 0.255 e. The summed E-state index contributed by atoms with van der Waals surface area (Å²) in [6, 6.07) is 19.0. The number of thiophene rings is 1. The molecule has 2 aromatic heterocycles. The molecule has 37 heavy (non-hydrogen) atoms. The lowest BCUT2D eigenvalue weighted by Gasteiger charge is -2.22. The van der Waals surface area contributed by atoms with Gasteiger partial charge in [-0.3, -0.25) is 4.98 Å². The maximum absolute atomic E-state index is 5.23. The van der Waals surface area contributed by atoms with Gasteiger partial charge in [0.15, 0.2) is 0 Å². The number of benzene rings is 3. The Morgan fingerprint density at radius 2 is 1.46 bits per heavy atom. The van der Waals surface area contributed by atoms with Crippen molar-refractivity contribution >= 4 is 68.8 Å². The van der Waals surface area contributed by atoms with E-state index in [9.17, 15) is 0 Å². The van der Waals surface area contributed by atoms with Gasteiger partial charge in [-0.15, -0.1) is 11.3 Å². The number of fused-ring (bicyclic) bond motifs is 4. The monoisotopic (exact) mass is 539 g/mol. The zero-order valence-electron chi connectivity index (χ0n) is 24.3. The molecule has 5 aromatic rings. The molecule has 0 atom stereocenters. The molecule has 5 rings (SSSR count). The summed E-state index contributed by atoms with van der Waals surface area (Å²) in [6.07, 6.45) is 3.31. The SMILES string of the molecule is Cc1ccc2c([Si](C)(C)C)cc(-c3ncc([Si](C)(C)C)c4c3sc3cc(CC(C)(C)C)ccc34)cc2c1. The van der Waals surface area contributed by atoms with E-state index in [1.165, 1.54) is 58.0 Å². The van der Waals surface area contributed by atoms with Crippen molar-refractivity contribution in [1.29, 1.82) is 0 Å². The Hall–Kier alpha value is -2.28. The summed E-state index contributed by atoms with van der Waals surface area (Å²) in [4.78, 5) is 5.23. The van der Waals surface area contributed by atoms with Crippen molar-refractivity contribution in [1.82, 2.24) is 4.98 Å². The lowest BCUT2D eigenvalue weighted by atomic mass is 9.88. The highest BCUT2D eigenvalue weighted by Gasteiger charge is 2.26. The van der Waals surface area contributed by atoms with Crippen LogP contribution in [0.15, 0.2) is 54.7 Å². The van der Waals surface area contributed by atoms with Crippen LogP contribution in [0.3, 0.4) is 0 Å². The number of nitrogens with zero attached hydrogens (tertiary/aromatic N) is 1. The van der Waals surface area contributed by atoms with E-state index in [1.807, 2.05) is 11.3 Å². The maximum atomic E-state index is 5.23. The number of aromatic nitrogens is 1. The van der Waals surface area contributed by atoms with Crippen LogP contribution in [0.2, 0.25) is 39.3 Å². The van der Waals surface area contributed by atoms with Crippen molar-refractivity contribution in [2.75, 3.05) is 0 Å². The van der Waals surface area contributed by atoms with Gasteiger partial charge < -0.3 is 0 Å². The molecule has 0 saturated carbocycles. The number of hydrogen-bond donors (Lipinski definition) is 0. The summed E-state index contributed by atoms with van der Waals surface area (Å²) in [5.41, 5.74) is 5.43. The van der Waals surface area contributed by atoms with Gasteiger partial charge in [0.25, 0.3) is 0 Å². The topological polar surface area (TPSA) is 12.9 Å². The number of rotatable bonds is 4. The van der Waals surface area contributed by atoms with Gasteiger partial charge in [0, 0.05) is 27.2 Å². The zero-order valence-corrected chi connectivity index (χ0v) is 27.1. The molecule has 0 aliphatic carbocycles. The van der Waals surface area contributed by atoms with Crippen molar-refractivity contribution in [3.63, 3.8) is 0 Å². The standard InChI is InChI=1S/C33H41NSSi2/c1-21-11-13-25-23(15-21)17-24(18-28(25)36(5,6)7)31-32-30(29(20-34-31)37(8,9)10)26-14-12-22(16-27(26)35-32)19-33(2,3)4/h11-18,20H,19H2,1-10H3. The van der Waals surface area contributed by atoms with Gasteiger partial charge in [0.05, 0.1) is 26.5 Å². The Labute approximate surface area is 229 Å². The fourth-order valence-corrected chi connectivity index (χ4v) is 10.0. The van der Waals surface area contributed by atoms with Gasteiger partial charge in [-0.05, 0) is 52.4 Å². The summed E-state index contributed by atoms with van der Waals surface area (Å²) >= 11 is 1.95. The highest BCUT2D eigenvalue weighted by Crippen LogP contribution is 2.40. The Kier molecular flexibility index (Phi) is 6.33. The summed E-state index contributed by atoms with van der Waals surface area (Å²) in [5, 5.41) is 8.60. The predicted molar refractivity (Wildman–Crippen MR) is 174 cm³/mol. The molecule has 0 fully saturated rings. The maximum Gasteiger partial charge on any atom is 0.0880 e. The van der Waals surface area contributed by atoms with E-state index >= 15 is 0 Å². The Morgan fingerprint density at radius 1 is 0.784 bits per heavy atom. The highest BCUT2D eigenvalue weighted by atomic mass is 32.1. The van der Waals surface area contributed by atoms with E-state index in [0.29, 0.717) is 0 Å². The van der Waals surface area contributed by atoms with Crippen molar-refractivity contribution in [3.05, 3.63) is 65.9 Å². The third kappa shape index (κ3) is 5.08. The Morgan fingerprint density at radius 3 is 2.11 bits per heavy atom. The van der Waals surface area contributed by atoms with E-state index in [1.54, 1.807) is 0 Å². The van der Waals surface area contributed by atoms with Gasteiger partial charge in [0.1, 0.15) is 0 Å². The second-order valence-corrected chi connectivity index (χ2v) is 25.3. The highest BCUT2D eigenvalue weighted by molar-refractivity contribution is 7.26. The molecule has 0 unspecified atom stereocenters. The first-order valence-corrected chi connectivity index (χ1v) is 21.3. The minimum Gasteiger partial charge on any atom is -0.255 e. The molecule has 2 heterocycles. The summed E-state index contributed by atoms with van der Waals surface area (Å²) < 4.78 is 2.75. The number of hydrogen-bond acceptors (Lipinski definition) is 2. The molecular weight excluding hydrogens is 499 g/mol. The summed E-state index contributed by atoms with van der Waals surface area (Å²) in [7, 11) is -3.16. The van der Waals surface area contributed by atoms with Crippen molar-refractivity contribution in [3.8, 4) is 11.3 Å². The predicted octanol–water partition coefficient (Wildman–Crippen LogP) is 9.26. The average molecular weight is 540 g/mol. The first-order chi connectivity index (χ1) is 17.1. The molecule has 0 saturated heterocycles. The minimum absolute atomic E-state index is 0.275. The lowest BCUT2D eigenvalue weighted by molar-refractivity contribution is 0.411. The van der Waals surface area contributed by atoms with Gasteiger partial charge in [0.2, 0.25) is 0 Å². The van der Waals surface area contributed by atoms with Gasteiger partial charge in [-0.2, -0.15) is 0 Å². The molecule has 0 amide bonds. The zero-order chi connectivity index (χ0) is 26.9. The molecule has 0 bridgehead atoms.